The third-order valence-electron chi connectivity index (χ3n) is 4.89. The van der Waals surface area contributed by atoms with Gasteiger partial charge in [-0.3, -0.25) is 14.8 Å². The summed E-state index contributed by atoms with van der Waals surface area (Å²) in [7, 11) is 1.80. The van der Waals surface area contributed by atoms with Gasteiger partial charge >= 0.3 is 11.4 Å². The molecule has 0 aliphatic carbocycles. The van der Waals surface area contributed by atoms with E-state index in [1.165, 1.54) is 10.8 Å². The number of H-pyrrole nitrogens is 2. The molecule has 0 aliphatic heterocycles. The van der Waals surface area contributed by atoms with Crippen molar-refractivity contribution in [2.45, 2.75) is 6.54 Å². The molecule has 0 aliphatic rings. The second-order valence-corrected chi connectivity index (χ2v) is 8.52. The maximum absolute atomic E-state index is 13.4. The van der Waals surface area contributed by atoms with Crippen molar-refractivity contribution in [2.24, 2.45) is 12.0 Å². The summed E-state index contributed by atoms with van der Waals surface area (Å²) in [6, 6.07) is 10.5. The van der Waals surface area contributed by atoms with E-state index in [2.05, 4.69) is 46.4 Å². The fourth-order valence-corrected chi connectivity index (χ4v) is 3.85. The quantitative estimate of drug-likeness (QED) is 0.368. The Morgan fingerprint density at radius 2 is 1.97 bits per heavy atom. The first-order valence-corrected chi connectivity index (χ1v) is 10.8. The molecule has 0 radical (unpaired) electrons. The maximum Gasteiger partial charge on any atom is 0.340 e. The van der Waals surface area contributed by atoms with Crippen molar-refractivity contribution < 1.29 is 0 Å². The van der Waals surface area contributed by atoms with E-state index in [9.17, 15) is 9.59 Å². The average Bonchev–Trinajstić information content (AvgIpc) is 3.41. The van der Waals surface area contributed by atoms with E-state index in [0.717, 1.165) is 14.4 Å². The van der Waals surface area contributed by atoms with E-state index < -0.39 is 11.4 Å². The zero-order chi connectivity index (χ0) is 23.1. The molecule has 0 atom stereocenters. The van der Waals surface area contributed by atoms with Gasteiger partial charge in [-0.15, -0.1) is 5.10 Å². The molecule has 0 fully saturated rings. The zero-order valence-electron chi connectivity index (χ0n) is 17.0. The molecular weight excluding hydrogens is 514 g/mol. The normalized spacial score (nSPS) is 12.0. The van der Waals surface area contributed by atoms with Gasteiger partial charge in [-0.1, -0.05) is 32.7 Å². The first-order chi connectivity index (χ1) is 15.9. The van der Waals surface area contributed by atoms with E-state index in [4.69, 9.17) is 11.6 Å². The Balaban J connectivity index is 1.78. The minimum Gasteiger partial charge on any atom is -0.277 e. The van der Waals surface area contributed by atoms with Crippen LogP contribution in [0.3, 0.4) is 0 Å². The Bertz CT molecular complexity index is 1660. The first kappa shape index (κ1) is 21.1. The average molecular weight is 529 g/mol. The van der Waals surface area contributed by atoms with Crippen LogP contribution in [-0.4, -0.2) is 39.3 Å². The van der Waals surface area contributed by atoms with E-state index in [0.29, 0.717) is 27.6 Å². The van der Waals surface area contributed by atoms with Crippen molar-refractivity contribution in [3.63, 3.8) is 0 Å². The molecule has 0 bridgehead atoms. The summed E-state index contributed by atoms with van der Waals surface area (Å²) >= 11 is 9.83. The molecule has 0 amide bonds. The molecule has 166 valence electrons. The number of aromatic amines is 2. The minimum atomic E-state index is -0.639. The third kappa shape index (κ3) is 4.05. The predicted molar refractivity (Wildman–Crippen MR) is 125 cm³/mol. The van der Waals surface area contributed by atoms with Crippen molar-refractivity contribution >= 4 is 44.1 Å². The van der Waals surface area contributed by atoms with Gasteiger partial charge in [0.15, 0.2) is 0 Å². The Hall–Kier alpha value is -3.77. The van der Waals surface area contributed by atoms with Crippen LogP contribution in [0.1, 0.15) is 5.69 Å². The molecule has 33 heavy (non-hydrogen) atoms. The van der Waals surface area contributed by atoms with Gasteiger partial charge < -0.3 is 0 Å². The van der Waals surface area contributed by atoms with Crippen molar-refractivity contribution in [3.05, 3.63) is 90.6 Å². The molecule has 2 aromatic carbocycles. The summed E-state index contributed by atoms with van der Waals surface area (Å²) in [6.45, 7) is -0.0413. The van der Waals surface area contributed by atoms with Crippen LogP contribution in [-0.2, 0) is 13.6 Å². The minimum absolute atomic E-state index is 0.0245. The molecule has 0 saturated carbocycles. The van der Waals surface area contributed by atoms with Crippen molar-refractivity contribution in [1.82, 2.24) is 39.3 Å². The summed E-state index contributed by atoms with van der Waals surface area (Å²) in [5.74, 6) is 0. The Kier molecular flexibility index (Phi) is 5.30. The molecule has 0 spiro atoms. The van der Waals surface area contributed by atoms with Crippen LogP contribution in [0.15, 0.2) is 67.8 Å². The molecule has 5 rings (SSSR count). The number of halogens is 2. The van der Waals surface area contributed by atoms with Crippen LogP contribution >= 0.6 is 27.5 Å². The van der Waals surface area contributed by atoms with Crippen molar-refractivity contribution in [3.8, 4) is 5.69 Å². The summed E-state index contributed by atoms with van der Waals surface area (Å²) in [5, 5.41) is 15.4. The van der Waals surface area contributed by atoms with Gasteiger partial charge in [0.2, 0.25) is 5.62 Å². The highest BCUT2D eigenvalue weighted by molar-refractivity contribution is 9.10. The number of rotatable bonds is 4. The first-order valence-electron chi connectivity index (χ1n) is 9.64. The van der Waals surface area contributed by atoms with Gasteiger partial charge in [-0.25, -0.2) is 23.7 Å². The summed E-state index contributed by atoms with van der Waals surface area (Å²) in [6.07, 6.45) is 3.27. The maximum atomic E-state index is 13.4. The molecule has 0 saturated heterocycles. The standard InChI is InChI=1S/C20H15BrClN9O2/c1-29-9-11-6-17(15(22)7-16(11)27-29)24-18-25-19(32)30(10-13-8-23-28-26-13)20(33)31(18)14-4-2-12(21)3-5-14/h2-9H,10H2,1H3,(H,23,26,28)(H,24,25,32). The van der Waals surface area contributed by atoms with Gasteiger partial charge in [0.1, 0.15) is 0 Å². The van der Waals surface area contributed by atoms with Crippen molar-refractivity contribution in [1.29, 1.82) is 0 Å². The number of benzene rings is 2. The van der Waals surface area contributed by atoms with Gasteiger partial charge in [-0.05, 0) is 36.4 Å². The highest BCUT2D eigenvalue weighted by Crippen LogP contribution is 2.29. The lowest BCUT2D eigenvalue weighted by Gasteiger charge is -2.11. The number of hydrogen-bond donors (Lipinski definition) is 2. The second kappa shape index (κ2) is 8.30. The molecule has 2 N–H and O–H groups in total. The summed E-state index contributed by atoms with van der Waals surface area (Å²) < 4.78 is 4.84. The monoisotopic (exact) mass is 527 g/mol. The highest BCUT2D eigenvalue weighted by Gasteiger charge is 2.13. The van der Waals surface area contributed by atoms with Crippen LogP contribution < -0.4 is 17.0 Å². The van der Waals surface area contributed by atoms with Crippen LogP contribution in [0.2, 0.25) is 5.02 Å². The van der Waals surface area contributed by atoms with Crippen LogP contribution in [0.4, 0.5) is 5.69 Å². The Morgan fingerprint density at radius 1 is 1.18 bits per heavy atom. The predicted octanol–water partition coefficient (Wildman–Crippen LogP) is 2.03. The number of nitrogens with one attached hydrogen (secondary N) is 2. The molecule has 3 heterocycles. The third-order valence-corrected chi connectivity index (χ3v) is 5.72. The SMILES string of the molecule is Cn1cc2cc(N=c3[nH]c(=O)n(Cc4cnn[nH]4)c(=O)n3-c3ccc(Br)cc3)c(Cl)cc2n1. The zero-order valence-corrected chi connectivity index (χ0v) is 19.4. The number of fused-ring (bicyclic) bond motifs is 1. The highest BCUT2D eigenvalue weighted by atomic mass is 79.9. The van der Waals surface area contributed by atoms with Gasteiger partial charge in [-0.2, -0.15) is 5.10 Å². The second-order valence-electron chi connectivity index (χ2n) is 7.19. The fourth-order valence-electron chi connectivity index (χ4n) is 3.38. The lowest BCUT2D eigenvalue weighted by atomic mass is 10.2. The Morgan fingerprint density at radius 3 is 2.70 bits per heavy atom. The van der Waals surface area contributed by atoms with Gasteiger partial charge in [0.05, 0.1) is 40.3 Å². The number of aryl methyl sites for hydroxylation is 1. The van der Waals surface area contributed by atoms with Crippen molar-refractivity contribution in [2.75, 3.05) is 0 Å². The lowest BCUT2D eigenvalue weighted by molar-refractivity contribution is 0.601. The topological polar surface area (TPSA) is 132 Å². The number of aromatic nitrogens is 8. The van der Waals surface area contributed by atoms with Crippen LogP contribution in [0.25, 0.3) is 16.6 Å². The summed E-state index contributed by atoms with van der Waals surface area (Å²) in [4.78, 5) is 33.5. The Labute approximate surface area is 198 Å². The number of nitrogens with zero attached hydrogens (tertiary/aromatic N) is 7. The van der Waals surface area contributed by atoms with Crippen LogP contribution in [0, 0.1) is 0 Å². The number of hydrogen-bond acceptors (Lipinski definition) is 6. The molecule has 11 nitrogen and oxygen atoms in total. The summed E-state index contributed by atoms with van der Waals surface area (Å²) in [5.41, 5.74) is 0.894. The fraction of sp³-hybridized carbons (Fsp3) is 0.100. The molecule has 3 aromatic heterocycles. The van der Waals surface area contributed by atoms with E-state index in [-0.39, 0.29) is 12.2 Å². The van der Waals surface area contributed by atoms with E-state index in [1.54, 1.807) is 48.1 Å². The largest absolute Gasteiger partial charge is 0.340 e. The smallest absolute Gasteiger partial charge is 0.277 e. The van der Waals surface area contributed by atoms with E-state index in [1.807, 2.05) is 6.20 Å². The van der Waals surface area contributed by atoms with Crippen LogP contribution in [0.5, 0.6) is 0 Å². The molecular formula is C20H15BrClN9O2. The molecule has 0 unspecified atom stereocenters. The van der Waals surface area contributed by atoms with E-state index >= 15 is 0 Å². The lowest BCUT2D eigenvalue weighted by Crippen LogP contribution is -2.49. The molecule has 13 heteroatoms. The van der Waals surface area contributed by atoms with Gasteiger partial charge in [0.25, 0.3) is 0 Å². The molecule has 5 aromatic rings. The van der Waals surface area contributed by atoms with Gasteiger partial charge in [0, 0.05) is 23.1 Å².